The number of H-pyrrole nitrogens is 1. The molecular formula is C15H17N3O. The van der Waals surface area contributed by atoms with Gasteiger partial charge >= 0.3 is 0 Å². The number of imidazole rings is 1. The Morgan fingerprint density at radius 2 is 2.21 bits per heavy atom. The van der Waals surface area contributed by atoms with Crippen molar-refractivity contribution in [1.29, 1.82) is 0 Å². The molecule has 0 atom stereocenters. The summed E-state index contributed by atoms with van der Waals surface area (Å²) in [6.07, 6.45) is 7.54. The van der Waals surface area contributed by atoms with Crippen molar-refractivity contribution in [1.82, 2.24) is 15.3 Å². The van der Waals surface area contributed by atoms with Gasteiger partial charge in [-0.2, -0.15) is 0 Å². The van der Waals surface area contributed by atoms with Crippen LogP contribution in [-0.4, -0.2) is 16.5 Å². The summed E-state index contributed by atoms with van der Waals surface area (Å²) in [5, 5.41) is 4.64. The van der Waals surface area contributed by atoms with Crippen molar-refractivity contribution in [3.8, 4) is 0 Å². The predicted octanol–water partition coefficient (Wildman–Crippen LogP) is 2.88. The lowest BCUT2D eigenvalue weighted by Gasteiger charge is -2.02. The molecule has 0 spiro atoms. The van der Waals surface area contributed by atoms with Gasteiger partial charge in [0.15, 0.2) is 0 Å². The lowest BCUT2D eigenvalue weighted by atomic mass is 10.2. The van der Waals surface area contributed by atoms with Gasteiger partial charge in [0.1, 0.15) is 11.4 Å². The Kier molecular flexibility index (Phi) is 3.61. The van der Waals surface area contributed by atoms with Crippen molar-refractivity contribution in [2.45, 2.75) is 19.4 Å². The maximum Gasteiger partial charge on any atom is 0.134 e. The lowest BCUT2D eigenvalue weighted by molar-refractivity contribution is 0.597. The van der Waals surface area contributed by atoms with E-state index in [1.165, 1.54) is 10.9 Å². The zero-order chi connectivity index (χ0) is 12.9. The number of nitrogens with one attached hydrogen (secondary N) is 2. The molecule has 0 radical (unpaired) electrons. The Morgan fingerprint density at radius 1 is 1.26 bits per heavy atom. The van der Waals surface area contributed by atoms with Gasteiger partial charge in [-0.25, -0.2) is 4.98 Å². The number of hydrogen-bond acceptors (Lipinski definition) is 3. The average Bonchev–Trinajstić information content (AvgIpc) is 3.08. The number of aryl methyl sites for hydroxylation is 1. The summed E-state index contributed by atoms with van der Waals surface area (Å²) in [7, 11) is 0. The van der Waals surface area contributed by atoms with E-state index in [1.54, 1.807) is 6.20 Å². The predicted molar refractivity (Wildman–Crippen MR) is 74.8 cm³/mol. The molecule has 0 fully saturated rings. The van der Waals surface area contributed by atoms with Crippen LogP contribution in [0.5, 0.6) is 0 Å². The Hall–Kier alpha value is -2.07. The molecule has 2 N–H and O–H groups in total. The molecule has 4 nitrogen and oxygen atoms in total. The number of hydrogen-bond donors (Lipinski definition) is 2. The topological polar surface area (TPSA) is 53.9 Å². The van der Waals surface area contributed by atoms with Gasteiger partial charge < -0.3 is 14.7 Å². The molecule has 4 heteroatoms. The second kappa shape index (κ2) is 5.71. The number of benzene rings is 1. The molecule has 0 aliphatic rings. The van der Waals surface area contributed by atoms with Crippen molar-refractivity contribution in [3.63, 3.8) is 0 Å². The van der Waals surface area contributed by atoms with E-state index in [4.69, 9.17) is 4.42 Å². The summed E-state index contributed by atoms with van der Waals surface area (Å²) < 4.78 is 5.51. The summed E-state index contributed by atoms with van der Waals surface area (Å²) in [5.74, 6) is 1.05. The highest BCUT2D eigenvalue weighted by atomic mass is 16.3. The first-order valence-corrected chi connectivity index (χ1v) is 6.57. The Labute approximate surface area is 111 Å². The Balaban J connectivity index is 1.47. The van der Waals surface area contributed by atoms with Crippen LogP contribution in [0.2, 0.25) is 0 Å². The highest BCUT2D eigenvalue weighted by Gasteiger charge is 2.03. The molecule has 0 unspecified atom stereocenters. The highest BCUT2D eigenvalue weighted by Crippen LogP contribution is 2.20. The molecule has 3 aromatic rings. The van der Waals surface area contributed by atoms with Gasteiger partial charge in [-0.1, -0.05) is 18.2 Å². The van der Waals surface area contributed by atoms with Crippen LogP contribution < -0.4 is 5.32 Å². The van der Waals surface area contributed by atoms with Crippen LogP contribution in [0.1, 0.15) is 17.8 Å². The molecule has 0 bridgehead atoms. The van der Waals surface area contributed by atoms with Crippen LogP contribution in [0.3, 0.4) is 0 Å². The molecule has 2 aromatic heterocycles. The van der Waals surface area contributed by atoms with Gasteiger partial charge in [0.05, 0.1) is 6.26 Å². The van der Waals surface area contributed by atoms with E-state index >= 15 is 0 Å². The van der Waals surface area contributed by atoms with Crippen molar-refractivity contribution in [2.24, 2.45) is 0 Å². The van der Waals surface area contributed by atoms with Crippen LogP contribution in [0.25, 0.3) is 11.0 Å². The van der Waals surface area contributed by atoms with Gasteiger partial charge in [-0.3, -0.25) is 0 Å². The van der Waals surface area contributed by atoms with Gasteiger partial charge in [-0.15, -0.1) is 0 Å². The standard InChI is InChI=1S/C15H17N3O/c1-2-5-14-13(4-1)12(11-19-14)10-16-7-3-6-15-17-8-9-18-15/h1-2,4-5,8-9,11,16H,3,6-7,10H2,(H,17,18). The first-order valence-electron chi connectivity index (χ1n) is 6.57. The van der Waals surface area contributed by atoms with E-state index in [0.717, 1.165) is 37.3 Å². The van der Waals surface area contributed by atoms with E-state index in [0.29, 0.717) is 0 Å². The maximum atomic E-state index is 5.51. The minimum Gasteiger partial charge on any atom is -0.464 e. The first kappa shape index (κ1) is 12.0. The number of nitrogens with zero attached hydrogens (tertiary/aromatic N) is 1. The van der Waals surface area contributed by atoms with E-state index in [-0.39, 0.29) is 0 Å². The first-order chi connectivity index (χ1) is 9.43. The zero-order valence-corrected chi connectivity index (χ0v) is 10.7. The number of fused-ring (bicyclic) bond motifs is 1. The molecule has 98 valence electrons. The molecule has 0 aliphatic heterocycles. The third-order valence-electron chi connectivity index (χ3n) is 3.20. The number of para-hydroxylation sites is 1. The molecule has 0 aliphatic carbocycles. The zero-order valence-electron chi connectivity index (χ0n) is 10.7. The van der Waals surface area contributed by atoms with Crippen molar-refractivity contribution >= 4 is 11.0 Å². The van der Waals surface area contributed by atoms with E-state index in [1.807, 2.05) is 30.7 Å². The fourth-order valence-corrected chi connectivity index (χ4v) is 2.21. The fraction of sp³-hybridized carbons (Fsp3) is 0.267. The highest BCUT2D eigenvalue weighted by molar-refractivity contribution is 5.80. The SMILES string of the molecule is c1ccc2c(CNCCCc3ncc[nH]3)coc2c1. The molecule has 19 heavy (non-hydrogen) atoms. The minimum absolute atomic E-state index is 0.842. The van der Waals surface area contributed by atoms with Gasteiger partial charge in [-0.05, 0) is 19.0 Å². The molecule has 1 aromatic carbocycles. The van der Waals surface area contributed by atoms with Crippen LogP contribution in [-0.2, 0) is 13.0 Å². The van der Waals surface area contributed by atoms with Crippen LogP contribution in [0.4, 0.5) is 0 Å². The molecule has 2 heterocycles. The van der Waals surface area contributed by atoms with Gasteiger partial charge in [0.25, 0.3) is 0 Å². The van der Waals surface area contributed by atoms with Crippen molar-refractivity contribution in [3.05, 3.63) is 54.3 Å². The van der Waals surface area contributed by atoms with Gasteiger partial charge in [0, 0.05) is 36.3 Å². The molecule has 3 rings (SSSR count). The lowest BCUT2D eigenvalue weighted by Crippen LogP contribution is -2.15. The third kappa shape index (κ3) is 2.85. The largest absolute Gasteiger partial charge is 0.464 e. The van der Waals surface area contributed by atoms with Crippen molar-refractivity contribution in [2.75, 3.05) is 6.54 Å². The second-order valence-electron chi connectivity index (χ2n) is 4.57. The number of aromatic amines is 1. The summed E-state index contributed by atoms with van der Waals surface area (Å²) in [6.45, 7) is 1.81. The quantitative estimate of drug-likeness (QED) is 0.666. The van der Waals surface area contributed by atoms with Crippen molar-refractivity contribution < 1.29 is 4.42 Å². The molecule has 0 saturated carbocycles. The van der Waals surface area contributed by atoms with Crippen LogP contribution in [0.15, 0.2) is 47.3 Å². The maximum absolute atomic E-state index is 5.51. The van der Waals surface area contributed by atoms with E-state index in [2.05, 4.69) is 21.4 Å². The average molecular weight is 255 g/mol. The monoisotopic (exact) mass is 255 g/mol. The smallest absolute Gasteiger partial charge is 0.134 e. The summed E-state index contributed by atoms with van der Waals surface area (Å²) in [4.78, 5) is 7.32. The van der Waals surface area contributed by atoms with E-state index in [9.17, 15) is 0 Å². The van der Waals surface area contributed by atoms with Crippen LogP contribution >= 0.6 is 0 Å². The van der Waals surface area contributed by atoms with Gasteiger partial charge in [0.2, 0.25) is 0 Å². The summed E-state index contributed by atoms with van der Waals surface area (Å²) >= 11 is 0. The second-order valence-corrected chi connectivity index (χ2v) is 4.57. The summed E-state index contributed by atoms with van der Waals surface area (Å²) in [5.41, 5.74) is 2.17. The van der Waals surface area contributed by atoms with E-state index < -0.39 is 0 Å². The third-order valence-corrected chi connectivity index (χ3v) is 3.20. The Morgan fingerprint density at radius 3 is 3.11 bits per heavy atom. The fourth-order valence-electron chi connectivity index (χ4n) is 2.21. The van der Waals surface area contributed by atoms with Crippen LogP contribution in [0, 0.1) is 0 Å². The Bertz CT molecular complexity index is 628. The molecule has 0 saturated heterocycles. The molecular weight excluding hydrogens is 238 g/mol. The summed E-state index contributed by atoms with van der Waals surface area (Å²) in [6, 6.07) is 8.12. The molecule has 0 amide bonds. The number of furan rings is 1. The normalized spacial score (nSPS) is 11.2. The number of aromatic nitrogens is 2. The minimum atomic E-state index is 0.842. The number of rotatable bonds is 6.